The van der Waals surface area contributed by atoms with Crippen molar-refractivity contribution < 1.29 is 9.90 Å². The molecule has 0 aromatic heterocycles. The number of fused-ring (bicyclic) bond motifs is 2. The molecule has 1 N–H and O–H groups in total. The van der Waals surface area contributed by atoms with E-state index in [1.165, 1.54) is 5.56 Å². The number of hydrogen-bond acceptors (Lipinski definition) is 2. The molecule has 2 heteroatoms. The lowest BCUT2D eigenvalue weighted by molar-refractivity contribution is -0.125. The van der Waals surface area contributed by atoms with E-state index in [2.05, 4.69) is 6.07 Å². The first-order valence-corrected chi connectivity index (χ1v) is 5.77. The number of carbonyl (C=O) groups is 1. The maximum atomic E-state index is 11.9. The first-order valence-electron chi connectivity index (χ1n) is 5.77. The Labute approximate surface area is 94.6 Å². The van der Waals surface area contributed by atoms with Crippen molar-refractivity contribution in [3.8, 4) is 0 Å². The molecule has 1 saturated carbocycles. The molecule has 0 aliphatic heterocycles. The van der Waals surface area contributed by atoms with E-state index in [1.807, 2.05) is 24.3 Å². The Bertz CT molecular complexity index is 473. The van der Waals surface area contributed by atoms with Gasteiger partial charge in [-0.05, 0) is 42.4 Å². The summed E-state index contributed by atoms with van der Waals surface area (Å²) in [5, 5.41) is 9.57. The van der Waals surface area contributed by atoms with Gasteiger partial charge in [0.2, 0.25) is 0 Å². The normalized spacial score (nSPS) is 28.1. The van der Waals surface area contributed by atoms with Gasteiger partial charge >= 0.3 is 0 Å². The van der Waals surface area contributed by atoms with Gasteiger partial charge in [-0.2, -0.15) is 0 Å². The summed E-state index contributed by atoms with van der Waals surface area (Å²) in [5.41, 5.74) is 3.29. The van der Waals surface area contributed by atoms with E-state index in [4.69, 9.17) is 0 Å². The van der Waals surface area contributed by atoms with Gasteiger partial charge < -0.3 is 5.11 Å². The summed E-state index contributed by atoms with van der Waals surface area (Å²) >= 11 is 0. The second-order valence-corrected chi connectivity index (χ2v) is 4.66. The zero-order valence-corrected chi connectivity index (χ0v) is 9.02. The molecule has 1 aromatic rings. The highest BCUT2D eigenvalue weighted by Crippen LogP contribution is 2.36. The molecule has 0 spiro atoms. The van der Waals surface area contributed by atoms with Crippen LogP contribution in [0.25, 0.3) is 6.08 Å². The topological polar surface area (TPSA) is 37.3 Å². The van der Waals surface area contributed by atoms with Gasteiger partial charge in [-0.25, -0.2) is 0 Å². The van der Waals surface area contributed by atoms with E-state index in [9.17, 15) is 9.90 Å². The molecule has 1 aromatic carbocycles. The number of Topliss-reactive ketones (excluding diaryl/α,β-unsaturated/α-hetero) is 1. The van der Waals surface area contributed by atoms with E-state index >= 15 is 0 Å². The van der Waals surface area contributed by atoms with Crippen LogP contribution in [0.5, 0.6) is 0 Å². The average molecular weight is 214 g/mol. The summed E-state index contributed by atoms with van der Waals surface area (Å²) < 4.78 is 0. The van der Waals surface area contributed by atoms with Gasteiger partial charge in [-0.3, -0.25) is 4.79 Å². The molecule has 0 saturated heterocycles. The molecule has 16 heavy (non-hydrogen) atoms. The Morgan fingerprint density at radius 2 is 2.00 bits per heavy atom. The standard InChI is InChI=1S/C14H14O2/c15-13-6-5-11-7-9-3-1-2-4-10(9)8-12(11)14(13)16/h1-4,8,11,13,15H,5-7H2. The molecule has 1 fully saturated rings. The van der Waals surface area contributed by atoms with E-state index in [0.717, 1.165) is 24.0 Å². The van der Waals surface area contributed by atoms with Crippen LogP contribution in [0.15, 0.2) is 29.8 Å². The summed E-state index contributed by atoms with van der Waals surface area (Å²) in [7, 11) is 0. The molecular weight excluding hydrogens is 200 g/mol. The number of aliphatic hydroxyl groups is 1. The lowest BCUT2D eigenvalue weighted by Crippen LogP contribution is -2.34. The first kappa shape index (κ1) is 9.79. The summed E-state index contributed by atoms with van der Waals surface area (Å²) in [6.07, 6.45) is 3.68. The smallest absolute Gasteiger partial charge is 0.187 e. The number of benzene rings is 1. The molecule has 2 aliphatic rings. The quantitative estimate of drug-likeness (QED) is 0.717. The Morgan fingerprint density at radius 3 is 2.88 bits per heavy atom. The summed E-state index contributed by atoms with van der Waals surface area (Å²) in [5.74, 6) is 0.261. The van der Waals surface area contributed by atoms with Gasteiger partial charge in [0.1, 0.15) is 6.10 Å². The first-order chi connectivity index (χ1) is 7.75. The lowest BCUT2D eigenvalue weighted by Gasteiger charge is -2.31. The van der Waals surface area contributed by atoms with Crippen LogP contribution in [0.2, 0.25) is 0 Å². The average Bonchev–Trinajstić information content (AvgIpc) is 2.32. The Balaban J connectivity index is 2.06. The third-order valence-electron chi connectivity index (χ3n) is 3.65. The molecule has 2 nitrogen and oxygen atoms in total. The fourth-order valence-corrected chi connectivity index (χ4v) is 2.73. The highest BCUT2D eigenvalue weighted by atomic mass is 16.3. The minimum absolute atomic E-state index is 0.0641. The molecule has 0 heterocycles. The SMILES string of the molecule is O=C1C2=Cc3ccccc3CC2CCC1O. The number of rotatable bonds is 0. The van der Waals surface area contributed by atoms with Crippen molar-refractivity contribution >= 4 is 11.9 Å². The third-order valence-corrected chi connectivity index (χ3v) is 3.65. The van der Waals surface area contributed by atoms with E-state index in [-0.39, 0.29) is 5.78 Å². The molecule has 0 radical (unpaired) electrons. The van der Waals surface area contributed by atoms with E-state index in [0.29, 0.717) is 12.3 Å². The van der Waals surface area contributed by atoms with Crippen molar-refractivity contribution in [3.63, 3.8) is 0 Å². The maximum absolute atomic E-state index is 11.9. The summed E-state index contributed by atoms with van der Waals surface area (Å²) in [6.45, 7) is 0. The highest BCUT2D eigenvalue weighted by molar-refractivity contribution is 6.04. The van der Waals surface area contributed by atoms with Crippen molar-refractivity contribution in [2.75, 3.05) is 0 Å². The van der Waals surface area contributed by atoms with Crippen LogP contribution < -0.4 is 0 Å². The van der Waals surface area contributed by atoms with Crippen LogP contribution in [0.4, 0.5) is 0 Å². The molecule has 82 valence electrons. The Morgan fingerprint density at radius 1 is 1.19 bits per heavy atom. The second kappa shape index (κ2) is 3.56. The minimum atomic E-state index is -0.771. The Hall–Kier alpha value is -1.41. The maximum Gasteiger partial charge on any atom is 0.187 e. The molecule has 2 aliphatic carbocycles. The zero-order valence-electron chi connectivity index (χ0n) is 9.02. The monoisotopic (exact) mass is 214 g/mol. The Kier molecular flexibility index (Phi) is 2.18. The number of aliphatic hydroxyl groups excluding tert-OH is 1. The van der Waals surface area contributed by atoms with Crippen molar-refractivity contribution in [2.45, 2.75) is 25.4 Å². The third kappa shape index (κ3) is 1.41. The van der Waals surface area contributed by atoms with Crippen molar-refractivity contribution in [2.24, 2.45) is 5.92 Å². The van der Waals surface area contributed by atoms with E-state index < -0.39 is 6.10 Å². The van der Waals surface area contributed by atoms with Crippen LogP contribution in [-0.4, -0.2) is 17.0 Å². The van der Waals surface area contributed by atoms with Crippen LogP contribution >= 0.6 is 0 Å². The van der Waals surface area contributed by atoms with Gasteiger partial charge in [-0.15, -0.1) is 0 Å². The number of ketones is 1. The van der Waals surface area contributed by atoms with Crippen molar-refractivity contribution in [3.05, 3.63) is 41.0 Å². The van der Waals surface area contributed by atoms with Crippen LogP contribution in [0.3, 0.4) is 0 Å². The van der Waals surface area contributed by atoms with Gasteiger partial charge in [0, 0.05) is 5.57 Å². The number of hydrogen-bond donors (Lipinski definition) is 1. The molecule has 3 rings (SSSR count). The highest BCUT2D eigenvalue weighted by Gasteiger charge is 2.34. The molecule has 2 unspecified atom stereocenters. The molecule has 2 atom stereocenters. The second-order valence-electron chi connectivity index (χ2n) is 4.66. The number of carbonyl (C=O) groups excluding carboxylic acids is 1. The zero-order chi connectivity index (χ0) is 11.1. The molecule has 0 bridgehead atoms. The fourth-order valence-electron chi connectivity index (χ4n) is 2.73. The van der Waals surface area contributed by atoms with Crippen molar-refractivity contribution in [1.82, 2.24) is 0 Å². The molecule has 0 amide bonds. The van der Waals surface area contributed by atoms with Gasteiger partial charge in [0.25, 0.3) is 0 Å². The van der Waals surface area contributed by atoms with Gasteiger partial charge in [0.05, 0.1) is 0 Å². The predicted molar refractivity (Wildman–Crippen MR) is 61.9 cm³/mol. The molecular formula is C14H14O2. The van der Waals surface area contributed by atoms with Crippen LogP contribution in [-0.2, 0) is 11.2 Å². The fraction of sp³-hybridized carbons (Fsp3) is 0.357. The summed E-state index contributed by atoms with van der Waals surface area (Å²) in [4.78, 5) is 11.9. The minimum Gasteiger partial charge on any atom is -0.385 e. The van der Waals surface area contributed by atoms with E-state index in [1.54, 1.807) is 0 Å². The van der Waals surface area contributed by atoms with Crippen LogP contribution in [0, 0.1) is 5.92 Å². The largest absolute Gasteiger partial charge is 0.385 e. The van der Waals surface area contributed by atoms with Crippen LogP contribution in [0.1, 0.15) is 24.0 Å². The predicted octanol–water partition coefficient (Wildman–Crippen LogP) is 1.97. The van der Waals surface area contributed by atoms with Gasteiger partial charge in [-0.1, -0.05) is 24.3 Å². The summed E-state index contributed by atoms with van der Waals surface area (Å²) in [6, 6.07) is 8.18. The lowest BCUT2D eigenvalue weighted by atomic mass is 9.74. The van der Waals surface area contributed by atoms with Gasteiger partial charge in [0.15, 0.2) is 5.78 Å². The van der Waals surface area contributed by atoms with Crippen molar-refractivity contribution in [1.29, 1.82) is 0 Å².